The summed E-state index contributed by atoms with van der Waals surface area (Å²) in [6, 6.07) is 8.58. The average molecular weight is 478 g/mol. The summed E-state index contributed by atoms with van der Waals surface area (Å²) < 4.78 is 52.8. The fourth-order valence-electron chi connectivity index (χ4n) is 4.13. The van der Waals surface area contributed by atoms with E-state index in [9.17, 15) is 22.4 Å². The molecular formula is C22H23FN2O7S. The van der Waals surface area contributed by atoms with E-state index < -0.39 is 34.0 Å². The lowest BCUT2D eigenvalue weighted by Crippen LogP contribution is -2.53. The number of carboxylic acid groups (broad SMARTS) is 1. The average Bonchev–Trinajstić information content (AvgIpc) is 2.76. The van der Waals surface area contributed by atoms with Crippen molar-refractivity contribution in [2.75, 3.05) is 18.4 Å². The second kappa shape index (κ2) is 8.99. The van der Waals surface area contributed by atoms with Crippen LogP contribution in [0, 0.1) is 5.82 Å². The molecule has 1 amide bonds. The highest BCUT2D eigenvalue weighted by molar-refractivity contribution is 7.92. The van der Waals surface area contributed by atoms with Crippen LogP contribution in [0.25, 0.3) is 0 Å². The number of carbonyl (C=O) groups is 2. The molecule has 0 spiro atoms. The molecule has 1 saturated heterocycles. The van der Waals surface area contributed by atoms with E-state index in [1.165, 1.54) is 35.2 Å². The number of hydrogen-bond donors (Lipinski definition) is 2. The predicted octanol–water partition coefficient (Wildman–Crippen LogP) is 2.48. The van der Waals surface area contributed by atoms with Gasteiger partial charge in [-0.15, -0.1) is 0 Å². The molecule has 2 aromatic rings. The number of carboxylic acids is 1. The normalized spacial score (nSPS) is 22.9. The van der Waals surface area contributed by atoms with Gasteiger partial charge in [-0.05, 0) is 49.2 Å². The maximum atomic E-state index is 13.5. The van der Waals surface area contributed by atoms with Gasteiger partial charge in [-0.3, -0.25) is 14.3 Å². The lowest BCUT2D eigenvalue weighted by Gasteiger charge is -2.42. The van der Waals surface area contributed by atoms with Gasteiger partial charge in [-0.25, -0.2) is 12.8 Å². The third kappa shape index (κ3) is 4.93. The first-order valence-corrected chi connectivity index (χ1v) is 11.8. The van der Waals surface area contributed by atoms with Gasteiger partial charge in [-0.1, -0.05) is 6.07 Å². The molecule has 2 aliphatic rings. The number of anilines is 1. The Morgan fingerprint density at radius 2 is 2.03 bits per heavy atom. The number of nitrogens with one attached hydrogen (secondary N) is 1. The molecule has 0 saturated carbocycles. The van der Waals surface area contributed by atoms with Crippen LogP contribution in [0.2, 0.25) is 0 Å². The summed E-state index contributed by atoms with van der Waals surface area (Å²) in [6.45, 7) is 0.111. The molecule has 33 heavy (non-hydrogen) atoms. The SMILES string of the molecule is CN1C(=O)c2cc(NS(=O)(=O)c3cccc(F)c3)ccc2OC[C@@H]2O[C@@H](CC(=O)O)CC[C@H]21. The third-order valence-corrected chi connectivity index (χ3v) is 7.15. The number of likely N-dealkylation sites (N-methyl/N-ethyl adjacent to an activating group) is 1. The predicted molar refractivity (Wildman–Crippen MR) is 115 cm³/mol. The number of sulfonamides is 1. The Morgan fingerprint density at radius 1 is 1.24 bits per heavy atom. The molecule has 2 N–H and O–H groups in total. The molecule has 0 unspecified atom stereocenters. The third-order valence-electron chi connectivity index (χ3n) is 5.77. The van der Waals surface area contributed by atoms with E-state index >= 15 is 0 Å². The molecule has 0 radical (unpaired) electrons. The van der Waals surface area contributed by atoms with Crippen LogP contribution in [-0.4, -0.2) is 62.2 Å². The first-order chi connectivity index (χ1) is 15.6. The minimum atomic E-state index is -4.07. The van der Waals surface area contributed by atoms with E-state index in [1.54, 1.807) is 7.05 Å². The fourth-order valence-corrected chi connectivity index (χ4v) is 5.21. The van der Waals surface area contributed by atoms with Crippen LogP contribution in [0.4, 0.5) is 10.1 Å². The van der Waals surface area contributed by atoms with Gasteiger partial charge in [-0.2, -0.15) is 0 Å². The first-order valence-electron chi connectivity index (χ1n) is 10.3. The summed E-state index contributed by atoms with van der Waals surface area (Å²) in [5, 5.41) is 9.04. The number of benzene rings is 2. The smallest absolute Gasteiger partial charge is 0.305 e. The topological polar surface area (TPSA) is 122 Å². The van der Waals surface area contributed by atoms with Crippen LogP contribution >= 0.6 is 0 Å². The highest BCUT2D eigenvalue weighted by Crippen LogP contribution is 2.33. The molecule has 2 aliphatic heterocycles. The number of nitrogens with zero attached hydrogens (tertiary/aromatic N) is 1. The number of aliphatic carboxylic acids is 1. The van der Waals surface area contributed by atoms with Gasteiger partial charge in [0.1, 0.15) is 24.3 Å². The summed E-state index contributed by atoms with van der Waals surface area (Å²) in [5.41, 5.74) is 0.296. The van der Waals surface area contributed by atoms with Crippen LogP contribution in [-0.2, 0) is 19.6 Å². The molecule has 0 bridgehead atoms. The van der Waals surface area contributed by atoms with Crippen molar-refractivity contribution in [1.82, 2.24) is 4.90 Å². The zero-order valence-electron chi connectivity index (χ0n) is 17.7. The summed E-state index contributed by atoms with van der Waals surface area (Å²) in [5.74, 6) is -1.76. The molecular weight excluding hydrogens is 455 g/mol. The van der Waals surface area contributed by atoms with Crippen molar-refractivity contribution in [3.05, 3.63) is 53.8 Å². The van der Waals surface area contributed by atoms with Crippen molar-refractivity contribution < 1.29 is 37.0 Å². The van der Waals surface area contributed by atoms with Crippen LogP contribution in [0.1, 0.15) is 29.6 Å². The minimum absolute atomic E-state index is 0.111. The summed E-state index contributed by atoms with van der Waals surface area (Å²) in [4.78, 5) is 25.5. The Morgan fingerprint density at radius 3 is 2.76 bits per heavy atom. The largest absolute Gasteiger partial charge is 0.490 e. The van der Waals surface area contributed by atoms with Gasteiger partial charge in [0.2, 0.25) is 0 Å². The van der Waals surface area contributed by atoms with Crippen LogP contribution in [0.15, 0.2) is 47.4 Å². The number of ether oxygens (including phenoxy) is 2. The monoisotopic (exact) mass is 478 g/mol. The van der Waals surface area contributed by atoms with Crippen molar-refractivity contribution in [3.63, 3.8) is 0 Å². The van der Waals surface area contributed by atoms with Gasteiger partial charge in [0, 0.05) is 12.7 Å². The maximum absolute atomic E-state index is 13.5. The first kappa shape index (κ1) is 23.0. The number of fused-ring (bicyclic) bond motifs is 2. The standard InChI is InChI=1S/C22H23FN2O7S/c1-25-18-7-6-15(11-21(26)27)32-20(18)12-31-19-8-5-14(10-17(19)22(25)28)24-33(29,30)16-4-2-3-13(23)9-16/h2-5,8-10,15,18,20,24H,6-7,11-12H2,1H3,(H,26,27)/t15-,18-,20+/m1/s1. The quantitative estimate of drug-likeness (QED) is 0.677. The molecule has 9 nitrogen and oxygen atoms in total. The van der Waals surface area contributed by atoms with Gasteiger partial charge in [0.25, 0.3) is 15.9 Å². The highest BCUT2D eigenvalue weighted by atomic mass is 32.2. The zero-order chi connectivity index (χ0) is 23.8. The number of carbonyl (C=O) groups excluding carboxylic acids is 1. The lowest BCUT2D eigenvalue weighted by molar-refractivity contribution is -0.148. The van der Waals surface area contributed by atoms with E-state index in [1.807, 2.05) is 0 Å². The number of halogens is 1. The minimum Gasteiger partial charge on any atom is -0.490 e. The van der Waals surface area contributed by atoms with Gasteiger partial charge in [0.05, 0.1) is 29.0 Å². The highest BCUT2D eigenvalue weighted by Gasteiger charge is 2.39. The van der Waals surface area contributed by atoms with E-state index in [0.29, 0.717) is 12.8 Å². The molecule has 2 aromatic carbocycles. The molecule has 11 heteroatoms. The van der Waals surface area contributed by atoms with E-state index in [0.717, 1.165) is 12.1 Å². The van der Waals surface area contributed by atoms with Crippen LogP contribution < -0.4 is 9.46 Å². The second-order valence-electron chi connectivity index (χ2n) is 8.04. The van der Waals surface area contributed by atoms with Crippen molar-refractivity contribution in [3.8, 4) is 5.75 Å². The Labute approximate surface area is 190 Å². The Hall–Kier alpha value is -3.18. The number of rotatable bonds is 5. The molecule has 4 rings (SSSR count). The maximum Gasteiger partial charge on any atom is 0.305 e. The Kier molecular flexibility index (Phi) is 6.26. The lowest BCUT2D eigenvalue weighted by atomic mass is 9.95. The molecule has 176 valence electrons. The fraction of sp³-hybridized carbons (Fsp3) is 0.364. The van der Waals surface area contributed by atoms with E-state index in [-0.39, 0.29) is 46.9 Å². The van der Waals surface area contributed by atoms with Gasteiger partial charge < -0.3 is 19.5 Å². The van der Waals surface area contributed by atoms with Crippen LogP contribution in [0.3, 0.4) is 0 Å². The van der Waals surface area contributed by atoms with Crippen molar-refractivity contribution in [2.24, 2.45) is 0 Å². The summed E-state index contributed by atoms with van der Waals surface area (Å²) in [6.07, 6.45) is -0.0154. The Bertz CT molecular complexity index is 1190. The van der Waals surface area contributed by atoms with E-state index in [2.05, 4.69) is 4.72 Å². The second-order valence-corrected chi connectivity index (χ2v) is 9.72. The van der Waals surface area contributed by atoms with E-state index in [4.69, 9.17) is 14.6 Å². The van der Waals surface area contributed by atoms with Gasteiger partial charge in [0.15, 0.2) is 0 Å². The van der Waals surface area contributed by atoms with Crippen molar-refractivity contribution in [1.29, 1.82) is 0 Å². The molecule has 0 aromatic heterocycles. The van der Waals surface area contributed by atoms with Gasteiger partial charge >= 0.3 is 5.97 Å². The number of hydrogen-bond acceptors (Lipinski definition) is 6. The molecule has 0 aliphatic carbocycles. The molecule has 2 heterocycles. The number of amides is 1. The van der Waals surface area contributed by atoms with Crippen molar-refractivity contribution in [2.45, 2.75) is 42.4 Å². The summed E-state index contributed by atoms with van der Waals surface area (Å²) >= 11 is 0. The molecule has 3 atom stereocenters. The zero-order valence-corrected chi connectivity index (χ0v) is 18.5. The molecule has 1 fully saturated rings. The Balaban J connectivity index is 1.58. The van der Waals surface area contributed by atoms with Crippen LogP contribution in [0.5, 0.6) is 5.75 Å². The van der Waals surface area contributed by atoms with Crippen molar-refractivity contribution >= 4 is 27.6 Å². The summed E-state index contributed by atoms with van der Waals surface area (Å²) in [7, 11) is -2.44.